The minimum Gasteiger partial charge on any atom is -0.412 e. The van der Waals surface area contributed by atoms with Crippen LogP contribution >= 0.6 is 0 Å². The van der Waals surface area contributed by atoms with Crippen LogP contribution in [0.3, 0.4) is 0 Å². The first kappa shape index (κ1) is 16.5. The molecule has 0 saturated carbocycles. The molecule has 3 nitrogen and oxygen atoms in total. The van der Waals surface area contributed by atoms with E-state index in [0.29, 0.717) is 0 Å². The summed E-state index contributed by atoms with van der Waals surface area (Å²) in [4.78, 5) is 0. The van der Waals surface area contributed by atoms with Crippen molar-refractivity contribution in [2.75, 3.05) is 0 Å². The molecule has 0 bridgehead atoms. The van der Waals surface area contributed by atoms with Gasteiger partial charge in [0, 0.05) is 6.10 Å². The lowest BCUT2D eigenvalue weighted by molar-refractivity contribution is 0.191. The van der Waals surface area contributed by atoms with E-state index in [1.807, 2.05) is 6.92 Å². The first-order chi connectivity index (χ1) is 4.00. The maximum atomic E-state index is 8.36. The molecule has 3 heteroatoms. The van der Waals surface area contributed by atoms with Gasteiger partial charge in [0.1, 0.15) is 0 Å². The van der Waals surface area contributed by atoms with Gasteiger partial charge in [0.2, 0.25) is 0 Å². The molecule has 1 unspecified atom stereocenters. The summed E-state index contributed by atoms with van der Waals surface area (Å²) >= 11 is 0. The second kappa shape index (κ2) is 11.6. The van der Waals surface area contributed by atoms with Crippen molar-refractivity contribution in [1.82, 2.24) is 0 Å². The van der Waals surface area contributed by atoms with Gasteiger partial charge in [-0.15, -0.1) is 0 Å². The smallest absolute Gasteiger partial charge is 0.0509 e. The summed E-state index contributed by atoms with van der Waals surface area (Å²) in [6, 6.07) is 0. The van der Waals surface area contributed by atoms with E-state index in [2.05, 4.69) is 0 Å². The molecule has 0 spiro atoms. The minimum absolute atomic E-state index is 0. The highest BCUT2D eigenvalue weighted by Crippen LogP contribution is 1.81. The Morgan fingerprint density at radius 2 is 1.20 bits per heavy atom. The fourth-order valence-electron chi connectivity index (χ4n) is 0. The molecule has 0 saturated heterocycles. The van der Waals surface area contributed by atoms with Crippen LogP contribution in [0.25, 0.3) is 0 Å². The first-order valence-corrected chi connectivity index (χ1v) is 3.36. The topological polar surface area (TPSA) is 72.0 Å². The van der Waals surface area contributed by atoms with Crippen molar-refractivity contribution >= 4 is 0 Å². The van der Waals surface area contributed by atoms with Gasteiger partial charge in [0.05, 0.1) is 6.10 Å². The summed E-state index contributed by atoms with van der Waals surface area (Å²) in [7, 11) is 0. The maximum absolute atomic E-state index is 8.36. The zero-order valence-electron chi connectivity index (χ0n) is 7.26. The van der Waals surface area contributed by atoms with Crippen molar-refractivity contribution in [1.29, 1.82) is 0 Å². The summed E-state index contributed by atoms with van der Waals surface area (Å²) in [5.74, 6) is 0. The van der Waals surface area contributed by atoms with Gasteiger partial charge < -0.3 is 15.7 Å². The van der Waals surface area contributed by atoms with Crippen LogP contribution in [0.15, 0.2) is 0 Å². The van der Waals surface area contributed by atoms with Gasteiger partial charge in [0.25, 0.3) is 0 Å². The van der Waals surface area contributed by atoms with Crippen LogP contribution < -0.4 is 0 Å². The van der Waals surface area contributed by atoms with E-state index in [-0.39, 0.29) is 17.7 Å². The largest absolute Gasteiger partial charge is 0.412 e. The molecule has 0 aliphatic rings. The highest BCUT2D eigenvalue weighted by atomic mass is 16.3. The van der Waals surface area contributed by atoms with E-state index in [0.717, 1.165) is 6.42 Å². The summed E-state index contributed by atoms with van der Waals surface area (Å²) in [6.07, 6.45) is 0.579. The van der Waals surface area contributed by atoms with Crippen LogP contribution in [0.4, 0.5) is 0 Å². The summed E-state index contributed by atoms with van der Waals surface area (Å²) in [5, 5.41) is 16.4. The van der Waals surface area contributed by atoms with Crippen LogP contribution in [0.5, 0.6) is 0 Å². The lowest BCUT2D eigenvalue weighted by atomic mass is 10.3. The Kier molecular flexibility index (Phi) is 19.2. The summed E-state index contributed by atoms with van der Waals surface area (Å²) in [6.45, 7) is 7.17. The predicted octanol–water partition coefficient (Wildman–Crippen LogP) is 0.340. The van der Waals surface area contributed by atoms with Gasteiger partial charge in [-0.25, -0.2) is 0 Å². The van der Waals surface area contributed by atoms with E-state index in [9.17, 15) is 0 Å². The van der Waals surface area contributed by atoms with E-state index < -0.39 is 0 Å². The highest BCUT2D eigenvalue weighted by molar-refractivity contribution is 4.34. The number of hydrogen-bond donors (Lipinski definition) is 2. The molecule has 1 atom stereocenters. The average Bonchev–Trinajstić information content (AvgIpc) is 1.65. The lowest BCUT2D eigenvalue weighted by Gasteiger charge is -1.90. The molecule has 0 aromatic carbocycles. The molecule has 10 heavy (non-hydrogen) atoms. The second-order valence-corrected chi connectivity index (χ2v) is 2.35. The van der Waals surface area contributed by atoms with E-state index in [4.69, 9.17) is 10.2 Å². The quantitative estimate of drug-likeness (QED) is 0.568. The SMILES string of the molecule is CC(C)O.CCC(C)O.O. The van der Waals surface area contributed by atoms with Crippen LogP contribution in [0.1, 0.15) is 34.1 Å². The highest BCUT2D eigenvalue weighted by Gasteiger charge is 1.81. The standard InChI is InChI=1S/C4H10O.C3H8O.H2O/c1-3-4(2)5;1-3(2)4;/h4-5H,3H2,1-2H3;3-4H,1-2H3;1H2. The van der Waals surface area contributed by atoms with Crippen LogP contribution in [0.2, 0.25) is 0 Å². The third-order valence-corrected chi connectivity index (χ3v) is 0.591. The molecule has 0 amide bonds. The molecule has 4 N–H and O–H groups in total. The van der Waals surface area contributed by atoms with Crippen LogP contribution in [-0.2, 0) is 0 Å². The number of aliphatic hydroxyl groups excluding tert-OH is 2. The molecule has 0 rings (SSSR count). The van der Waals surface area contributed by atoms with Gasteiger partial charge in [-0.3, -0.25) is 0 Å². The zero-order chi connectivity index (χ0) is 7.86. The summed E-state index contributed by atoms with van der Waals surface area (Å²) < 4.78 is 0. The van der Waals surface area contributed by atoms with Gasteiger partial charge in [-0.05, 0) is 27.2 Å². The van der Waals surface area contributed by atoms with Crippen molar-refractivity contribution in [2.45, 2.75) is 46.3 Å². The van der Waals surface area contributed by atoms with Gasteiger partial charge in [-0.1, -0.05) is 6.92 Å². The molecular formula is C7H20O3. The van der Waals surface area contributed by atoms with Gasteiger partial charge in [0.15, 0.2) is 0 Å². The molecule has 0 fully saturated rings. The van der Waals surface area contributed by atoms with Gasteiger partial charge in [-0.2, -0.15) is 0 Å². The Bertz CT molecular complexity index is 41.4. The Hall–Kier alpha value is -0.120. The zero-order valence-corrected chi connectivity index (χ0v) is 7.26. The number of rotatable bonds is 1. The first-order valence-electron chi connectivity index (χ1n) is 3.36. The van der Waals surface area contributed by atoms with E-state index in [1.165, 1.54) is 0 Å². The predicted molar refractivity (Wildman–Crippen MR) is 42.9 cm³/mol. The molecule has 0 aromatic heterocycles. The summed E-state index contributed by atoms with van der Waals surface area (Å²) in [5.41, 5.74) is 0. The van der Waals surface area contributed by atoms with Crippen molar-refractivity contribution < 1.29 is 15.7 Å². The molecule has 66 valence electrons. The van der Waals surface area contributed by atoms with Crippen LogP contribution in [-0.4, -0.2) is 27.9 Å². The van der Waals surface area contributed by atoms with Crippen LogP contribution in [0, 0.1) is 0 Å². The Morgan fingerprint density at radius 1 is 1.10 bits per heavy atom. The second-order valence-electron chi connectivity index (χ2n) is 2.35. The Morgan fingerprint density at radius 3 is 1.20 bits per heavy atom. The molecule has 0 heterocycles. The molecule has 0 radical (unpaired) electrons. The van der Waals surface area contributed by atoms with E-state index >= 15 is 0 Å². The number of hydrogen-bond acceptors (Lipinski definition) is 2. The Labute approximate surface area is 63.0 Å². The fourth-order valence-corrected chi connectivity index (χ4v) is 0. The van der Waals surface area contributed by atoms with Crippen molar-refractivity contribution in [3.8, 4) is 0 Å². The van der Waals surface area contributed by atoms with Crippen molar-refractivity contribution in [3.05, 3.63) is 0 Å². The molecule has 0 aliphatic heterocycles. The third kappa shape index (κ3) is 106. The fraction of sp³-hybridized carbons (Fsp3) is 1.00. The van der Waals surface area contributed by atoms with Gasteiger partial charge >= 0.3 is 0 Å². The van der Waals surface area contributed by atoms with E-state index in [1.54, 1.807) is 20.8 Å². The monoisotopic (exact) mass is 152 g/mol. The molecule has 0 aromatic rings. The number of aliphatic hydroxyl groups is 2. The Balaban J connectivity index is -0.0000000910. The normalized spacial score (nSPS) is 11.1. The van der Waals surface area contributed by atoms with Crippen molar-refractivity contribution in [2.24, 2.45) is 0 Å². The average molecular weight is 152 g/mol. The molecule has 0 aliphatic carbocycles. The third-order valence-electron chi connectivity index (χ3n) is 0.591. The van der Waals surface area contributed by atoms with Crippen molar-refractivity contribution in [3.63, 3.8) is 0 Å². The maximum Gasteiger partial charge on any atom is 0.0509 e. The lowest BCUT2D eigenvalue weighted by Crippen LogP contribution is -1.93. The minimum atomic E-state index is -0.167. The molecular weight excluding hydrogens is 132 g/mol.